The van der Waals surface area contributed by atoms with E-state index < -0.39 is 65.6 Å². The summed E-state index contributed by atoms with van der Waals surface area (Å²) in [4.78, 5) is 5.29. The fourth-order valence-corrected chi connectivity index (χ4v) is 3.00. The average Bonchev–Trinajstić information content (AvgIpc) is 2.84. The Kier molecular flexibility index (Phi) is 4.73. The molecule has 0 saturated carbocycles. The molecule has 0 bridgehead atoms. The number of hydrogen-bond acceptors (Lipinski definition) is 6. The number of nitrogens with one attached hydrogen (secondary N) is 1. The summed E-state index contributed by atoms with van der Waals surface area (Å²) in [5.74, 6) is -3.98. The summed E-state index contributed by atoms with van der Waals surface area (Å²) in [6.45, 7) is -0.627. The number of fused-ring (bicyclic) bond motifs is 1. The van der Waals surface area contributed by atoms with Gasteiger partial charge in [-0.05, 0) is 6.07 Å². The number of halogens is 5. The Hall–Kier alpha value is -1.73. The van der Waals surface area contributed by atoms with Crippen LogP contribution in [0, 0.1) is 16.3 Å². The van der Waals surface area contributed by atoms with Gasteiger partial charge in [-0.15, -0.1) is 0 Å². The number of pyridine rings is 2. The maximum atomic E-state index is 14.1. The van der Waals surface area contributed by atoms with Crippen molar-refractivity contribution in [3.63, 3.8) is 0 Å². The second-order valence-corrected chi connectivity index (χ2v) is 6.07. The van der Waals surface area contributed by atoms with Crippen molar-refractivity contribution in [2.45, 2.75) is 30.6 Å². The SMILES string of the molecule is OCC1OC(c2cc3c(F)c(F)c(C(F)(F)F)nc3[nH]c2=S)C(O)C1O. The van der Waals surface area contributed by atoms with Crippen LogP contribution in [0.25, 0.3) is 11.0 Å². The third-order valence-corrected chi connectivity index (χ3v) is 4.36. The largest absolute Gasteiger partial charge is 0.436 e. The summed E-state index contributed by atoms with van der Waals surface area (Å²) in [7, 11) is 0. The van der Waals surface area contributed by atoms with Crippen LogP contribution in [0.5, 0.6) is 0 Å². The van der Waals surface area contributed by atoms with Crippen molar-refractivity contribution in [3.05, 3.63) is 33.6 Å². The molecular formula is C14H11F5N2O4S. The Balaban J connectivity index is 2.18. The van der Waals surface area contributed by atoms with Crippen LogP contribution in [0.15, 0.2) is 6.07 Å². The molecule has 12 heteroatoms. The minimum atomic E-state index is -5.21. The number of H-pyrrole nitrogens is 1. The van der Waals surface area contributed by atoms with Crippen molar-refractivity contribution in [2.24, 2.45) is 0 Å². The van der Waals surface area contributed by atoms with Crippen LogP contribution < -0.4 is 0 Å². The molecule has 3 heterocycles. The molecule has 1 saturated heterocycles. The topological polar surface area (TPSA) is 98.6 Å². The maximum absolute atomic E-state index is 14.1. The first-order chi connectivity index (χ1) is 12.1. The van der Waals surface area contributed by atoms with Crippen molar-refractivity contribution in [1.29, 1.82) is 0 Å². The summed E-state index contributed by atoms with van der Waals surface area (Å²) in [5, 5.41) is 28.2. The van der Waals surface area contributed by atoms with Gasteiger partial charge in [-0.1, -0.05) is 12.2 Å². The highest BCUT2D eigenvalue weighted by atomic mass is 32.1. The zero-order chi connectivity index (χ0) is 19.4. The zero-order valence-electron chi connectivity index (χ0n) is 12.6. The minimum Gasteiger partial charge on any atom is -0.394 e. The van der Waals surface area contributed by atoms with Crippen molar-refractivity contribution in [3.8, 4) is 0 Å². The number of aromatic nitrogens is 2. The highest BCUT2D eigenvalue weighted by molar-refractivity contribution is 7.71. The van der Waals surface area contributed by atoms with Crippen molar-refractivity contribution >= 4 is 23.3 Å². The highest BCUT2D eigenvalue weighted by Gasteiger charge is 2.44. The average molecular weight is 398 g/mol. The Labute approximate surface area is 146 Å². The van der Waals surface area contributed by atoms with Gasteiger partial charge in [-0.25, -0.2) is 13.8 Å². The molecule has 0 aromatic carbocycles. The van der Waals surface area contributed by atoms with Gasteiger partial charge in [0.25, 0.3) is 0 Å². The smallest absolute Gasteiger partial charge is 0.394 e. The molecule has 0 radical (unpaired) electrons. The molecule has 0 aliphatic carbocycles. The number of alkyl halides is 3. The minimum absolute atomic E-state index is 0.102. The van der Waals surface area contributed by atoms with Crippen LogP contribution in [0.1, 0.15) is 17.4 Å². The molecule has 0 spiro atoms. The molecule has 26 heavy (non-hydrogen) atoms. The van der Waals surface area contributed by atoms with E-state index in [2.05, 4.69) is 9.97 Å². The van der Waals surface area contributed by atoms with Gasteiger partial charge in [0.15, 0.2) is 17.3 Å². The van der Waals surface area contributed by atoms with E-state index in [0.717, 1.165) is 6.07 Å². The fourth-order valence-electron chi connectivity index (χ4n) is 2.73. The van der Waals surface area contributed by atoms with Gasteiger partial charge in [0.05, 0.1) is 12.0 Å². The number of rotatable bonds is 2. The molecule has 1 aliphatic heterocycles. The van der Waals surface area contributed by atoms with Gasteiger partial charge in [0.2, 0.25) is 0 Å². The number of aromatic amines is 1. The number of aliphatic hydroxyl groups excluding tert-OH is 3. The summed E-state index contributed by atoms with van der Waals surface area (Å²) in [5.41, 5.74) is -2.78. The molecule has 3 rings (SSSR count). The normalized spacial score (nSPS) is 26.6. The van der Waals surface area contributed by atoms with Crippen molar-refractivity contribution < 1.29 is 42.0 Å². The molecule has 4 atom stereocenters. The van der Waals surface area contributed by atoms with E-state index >= 15 is 0 Å². The van der Waals surface area contributed by atoms with Crippen LogP contribution >= 0.6 is 12.2 Å². The zero-order valence-corrected chi connectivity index (χ0v) is 13.4. The van der Waals surface area contributed by atoms with Crippen LogP contribution in [-0.4, -0.2) is 50.2 Å². The molecule has 4 N–H and O–H groups in total. The lowest BCUT2D eigenvalue weighted by Crippen LogP contribution is -2.32. The van der Waals surface area contributed by atoms with Gasteiger partial charge in [-0.2, -0.15) is 13.2 Å². The number of aliphatic hydroxyl groups is 3. The molecule has 2 aromatic rings. The standard InChI is InChI=1S/C14H11F5N2O4S/c15-6-3-1-4(10-9(24)8(23)5(2-22)25-10)13(26)21-12(3)20-11(7(6)16)14(17,18)19/h1,5,8-10,22-24H,2H2,(H,20,21,26). The first kappa shape index (κ1) is 19.0. The molecule has 142 valence electrons. The van der Waals surface area contributed by atoms with E-state index in [1.165, 1.54) is 0 Å². The van der Waals surface area contributed by atoms with E-state index in [4.69, 9.17) is 22.1 Å². The molecule has 1 fully saturated rings. The van der Waals surface area contributed by atoms with E-state index in [-0.39, 0.29) is 10.2 Å². The summed E-state index contributed by atoms with van der Waals surface area (Å²) in [6.07, 6.45) is -10.7. The monoisotopic (exact) mass is 398 g/mol. The molecule has 0 amide bonds. The van der Waals surface area contributed by atoms with Crippen LogP contribution in [-0.2, 0) is 10.9 Å². The summed E-state index contributed by atoms with van der Waals surface area (Å²) in [6, 6.07) is 0.889. The van der Waals surface area contributed by atoms with Gasteiger partial charge < -0.3 is 25.0 Å². The lowest BCUT2D eigenvalue weighted by atomic mass is 10.0. The first-order valence-corrected chi connectivity index (χ1v) is 7.58. The van der Waals surface area contributed by atoms with E-state index in [1.54, 1.807) is 0 Å². The Morgan fingerprint density at radius 3 is 2.38 bits per heavy atom. The van der Waals surface area contributed by atoms with Gasteiger partial charge >= 0.3 is 6.18 Å². The maximum Gasteiger partial charge on any atom is 0.436 e. The van der Waals surface area contributed by atoms with Crippen LogP contribution in [0.3, 0.4) is 0 Å². The summed E-state index contributed by atoms with van der Waals surface area (Å²) >= 11 is 4.97. The van der Waals surface area contributed by atoms with Gasteiger partial charge in [0.1, 0.15) is 34.7 Å². The second-order valence-electron chi connectivity index (χ2n) is 5.66. The number of ether oxygens (including phenoxy) is 1. The van der Waals surface area contributed by atoms with Gasteiger partial charge in [0, 0.05) is 5.56 Å². The second kappa shape index (κ2) is 6.46. The Morgan fingerprint density at radius 2 is 1.85 bits per heavy atom. The molecular weight excluding hydrogens is 387 g/mol. The third kappa shape index (κ3) is 2.97. The Bertz CT molecular complexity index is 919. The quantitative estimate of drug-likeness (QED) is 0.455. The third-order valence-electron chi connectivity index (χ3n) is 4.03. The predicted molar refractivity (Wildman–Crippen MR) is 78.6 cm³/mol. The molecule has 1 aliphatic rings. The van der Waals surface area contributed by atoms with E-state index in [9.17, 15) is 32.2 Å². The highest BCUT2D eigenvalue weighted by Crippen LogP contribution is 2.37. The summed E-state index contributed by atoms with van der Waals surface area (Å²) < 4.78 is 71.1. The first-order valence-electron chi connectivity index (χ1n) is 7.17. The van der Waals surface area contributed by atoms with Crippen LogP contribution in [0.4, 0.5) is 22.0 Å². The lowest BCUT2D eigenvalue weighted by molar-refractivity contribution is -0.143. The fraction of sp³-hybridized carbons (Fsp3) is 0.429. The number of hydrogen-bond donors (Lipinski definition) is 4. The molecule has 6 nitrogen and oxygen atoms in total. The predicted octanol–water partition coefficient (Wildman–Crippen LogP) is 1.74. The van der Waals surface area contributed by atoms with Crippen LogP contribution in [0.2, 0.25) is 0 Å². The van der Waals surface area contributed by atoms with Crippen molar-refractivity contribution in [1.82, 2.24) is 9.97 Å². The molecule has 4 unspecified atom stereocenters. The Morgan fingerprint density at radius 1 is 1.19 bits per heavy atom. The van der Waals surface area contributed by atoms with E-state index in [1.807, 2.05) is 0 Å². The number of nitrogens with zero attached hydrogens (tertiary/aromatic N) is 1. The van der Waals surface area contributed by atoms with Gasteiger partial charge in [-0.3, -0.25) is 0 Å². The molecule has 2 aromatic heterocycles. The van der Waals surface area contributed by atoms with Crippen molar-refractivity contribution in [2.75, 3.05) is 6.61 Å². The lowest BCUT2D eigenvalue weighted by Gasteiger charge is -2.16. The van der Waals surface area contributed by atoms with E-state index in [0.29, 0.717) is 0 Å².